The molecule has 0 aromatic heterocycles. The van der Waals surface area contributed by atoms with Crippen LogP contribution in [0.3, 0.4) is 0 Å². The minimum atomic E-state index is -3.04. The quantitative estimate of drug-likeness (QED) is 0.631. The molecule has 1 N–H and O–H groups in total. The summed E-state index contributed by atoms with van der Waals surface area (Å²) < 4.78 is 7.71. The number of hydrogen-bond acceptors (Lipinski definition) is 3. The van der Waals surface area contributed by atoms with Crippen molar-refractivity contribution in [1.82, 2.24) is 0 Å². The van der Waals surface area contributed by atoms with Gasteiger partial charge in [0, 0.05) is 0 Å². The van der Waals surface area contributed by atoms with Gasteiger partial charge in [0.15, 0.2) is 0 Å². The molecular weight excluding hydrogens is 348 g/mol. The summed E-state index contributed by atoms with van der Waals surface area (Å²) in [5.41, 5.74) is 0. The van der Waals surface area contributed by atoms with Gasteiger partial charge < -0.3 is 0 Å². The van der Waals surface area contributed by atoms with Crippen molar-refractivity contribution in [2.45, 2.75) is 85.7 Å². The van der Waals surface area contributed by atoms with E-state index in [0.717, 1.165) is 4.31 Å². The number of rotatable bonds is 7. The Labute approximate surface area is 132 Å². The van der Waals surface area contributed by atoms with Crippen LogP contribution in [-0.4, -0.2) is 34.9 Å². The van der Waals surface area contributed by atoms with Crippen LogP contribution in [0, 0.1) is 0 Å². The summed E-state index contributed by atoms with van der Waals surface area (Å²) in [6.45, 7) is 4.80. The minimum absolute atomic E-state index is 0.218. The molecule has 0 aromatic carbocycles. The molecule has 23 heavy (non-hydrogen) atoms. The molecular formula is C19H28FeO2S. The van der Waals surface area contributed by atoms with Crippen LogP contribution in [0.15, 0.2) is 0 Å². The Bertz CT molecular complexity index is 992. The van der Waals surface area contributed by atoms with Gasteiger partial charge in [-0.15, -0.1) is 0 Å². The molecule has 10 rings (SSSR count). The van der Waals surface area contributed by atoms with Gasteiger partial charge in [-0.05, 0) is 0 Å². The van der Waals surface area contributed by atoms with E-state index >= 15 is 0 Å². The van der Waals surface area contributed by atoms with E-state index in [-0.39, 0.29) is 6.61 Å². The van der Waals surface area contributed by atoms with Crippen LogP contribution >= 0.6 is 11.8 Å². The summed E-state index contributed by atoms with van der Waals surface area (Å²) >= 11 is 2.12. The molecule has 1 spiro atoms. The molecule has 0 aromatic rings. The van der Waals surface area contributed by atoms with Crippen molar-refractivity contribution in [3.8, 4) is 0 Å². The van der Waals surface area contributed by atoms with Crippen molar-refractivity contribution in [3.63, 3.8) is 0 Å². The standard InChI is InChI=1S/C14H23O2S.C5H5.Fe/c1-14(2,3)17-11-8-13(16-10-9-15)12-6-4-5-7-12;1-2-4-5-3-1;/h4-7,13,15H,8-11H2,1-3H3;1-5H;. The summed E-state index contributed by atoms with van der Waals surface area (Å²) in [4.78, 5) is 12.3. The topological polar surface area (TPSA) is 29.5 Å². The molecule has 0 aliphatic carbocycles. The van der Waals surface area contributed by atoms with E-state index in [1.165, 1.54) is 55.5 Å². The van der Waals surface area contributed by atoms with Crippen LogP contribution in [0.2, 0.25) is 47.7 Å². The first-order chi connectivity index (χ1) is 10.7. The first-order valence-electron chi connectivity index (χ1n) is 9.79. The van der Waals surface area contributed by atoms with Gasteiger partial charge in [-0.1, -0.05) is 0 Å². The summed E-state index contributed by atoms with van der Waals surface area (Å²) in [6, 6.07) is 0. The molecule has 0 bridgehead atoms. The number of ether oxygens (including phenoxy) is 1. The predicted octanol–water partition coefficient (Wildman–Crippen LogP) is 5.05. The molecule has 10 aliphatic heterocycles. The average molecular weight is 376 g/mol. The van der Waals surface area contributed by atoms with E-state index < -0.39 is 6.51 Å². The number of fused-ring (bicyclic) bond motifs is 10. The molecule has 10 aliphatic rings. The van der Waals surface area contributed by atoms with E-state index in [2.05, 4.69) is 32.5 Å². The second-order valence-corrected chi connectivity index (χ2v) is 39.1. The zero-order chi connectivity index (χ0) is 15.3. The monoisotopic (exact) mass is 376 g/mol. The van der Waals surface area contributed by atoms with Gasteiger partial charge in [0.2, 0.25) is 0 Å². The molecule has 2 nitrogen and oxygen atoms in total. The average Bonchev–Trinajstić information content (AvgIpc) is 3.43. The van der Waals surface area contributed by atoms with Gasteiger partial charge in [0.1, 0.15) is 0 Å². The Morgan fingerprint density at radius 2 is 1.61 bits per heavy atom. The van der Waals surface area contributed by atoms with E-state index in [1.807, 2.05) is 0 Å². The number of hydrogen-bond donors (Lipinski definition) is 1. The number of thioether (sulfide) groups is 1. The van der Waals surface area contributed by atoms with Crippen LogP contribution in [0.1, 0.15) is 27.2 Å². The van der Waals surface area contributed by atoms with Crippen LogP contribution in [0.25, 0.3) is 0 Å². The van der Waals surface area contributed by atoms with Crippen molar-refractivity contribution in [3.05, 3.63) is 0 Å². The van der Waals surface area contributed by atoms with Gasteiger partial charge in [0.25, 0.3) is 0 Å². The van der Waals surface area contributed by atoms with Crippen LogP contribution in [0.5, 0.6) is 0 Å². The van der Waals surface area contributed by atoms with Crippen molar-refractivity contribution >= 4 is 11.8 Å². The third kappa shape index (κ3) is 0.185. The third-order valence-corrected chi connectivity index (χ3v) is 60.6. The summed E-state index contributed by atoms with van der Waals surface area (Å²) in [5.74, 6) is 1.26. The Hall–Kier alpha value is 0.789. The third-order valence-electron chi connectivity index (χ3n) is 16.6. The fraction of sp³-hybridized carbons (Fsp3) is 1.00. The van der Waals surface area contributed by atoms with E-state index in [1.54, 1.807) is 0 Å². The summed E-state index contributed by atoms with van der Waals surface area (Å²) in [5, 5.41) is 9.38. The number of aliphatic hydroxyl groups is 1. The maximum absolute atomic E-state index is 9.38. The molecule has 4 heteroatoms. The normalized spacial score (nSPS) is 93.5. The zero-order valence-electron chi connectivity index (χ0n) is 14.2. The fourth-order valence-corrected chi connectivity index (χ4v) is 94.4. The zero-order valence-corrected chi connectivity index (χ0v) is 16.1. The molecule has 10 saturated heterocycles. The summed E-state index contributed by atoms with van der Waals surface area (Å²) in [6.07, 6.45) is 1.85. The van der Waals surface area contributed by atoms with Gasteiger partial charge in [-0.2, -0.15) is 0 Å². The first-order valence-corrected chi connectivity index (χ1v) is 17.1. The Morgan fingerprint density at radius 1 is 1.04 bits per heavy atom. The predicted molar refractivity (Wildman–Crippen MR) is 90.1 cm³/mol. The molecule has 130 valence electrons. The fourth-order valence-electron chi connectivity index (χ4n) is 18.4. The van der Waals surface area contributed by atoms with Crippen molar-refractivity contribution in [2.75, 3.05) is 19.0 Å². The Balaban J connectivity index is 1.12. The van der Waals surface area contributed by atoms with Gasteiger partial charge in [0.05, 0.1) is 0 Å². The molecule has 0 saturated carbocycles. The Morgan fingerprint density at radius 3 is 1.96 bits per heavy atom. The van der Waals surface area contributed by atoms with E-state index in [0.29, 0.717) is 17.5 Å². The molecule has 0 amide bonds. The van der Waals surface area contributed by atoms with Gasteiger partial charge in [-0.3, -0.25) is 0 Å². The van der Waals surface area contributed by atoms with Crippen LogP contribution in [0.4, 0.5) is 0 Å². The first kappa shape index (κ1) is 11.5. The molecule has 10 fully saturated rings. The maximum atomic E-state index is 9.38. The molecule has 5 unspecified atom stereocenters. The Kier molecular flexibility index (Phi) is 0.615. The molecule has 0 radical (unpaired) electrons. The van der Waals surface area contributed by atoms with Crippen molar-refractivity contribution < 1.29 is 16.4 Å². The van der Waals surface area contributed by atoms with Crippen molar-refractivity contribution in [1.29, 1.82) is 0 Å². The van der Waals surface area contributed by atoms with E-state index in [4.69, 9.17) is 4.74 Å². The second-order valence-electron chi connectivity index (χ2n) is 13.6. The van der Waals surface area contributed by atoms with Gasteiger partial charge >= 0.3 is 133 Å². The van der Waals surface area contributed by atoms with Crippen LogP contribution < -0.4 is 0 Å². The van der Waals surface area contributed by atoms with E-state index in [9.17, 15) is 5.11 Å². The van der Waals surface area contributed by atoms with Gasteiger partial charge in [-0.25, -0.2) is 0 Å². The van der Waals surface area contributed by atoms with Crippen LogP contribution in [-0.2, 0) is 11.2 Å². The summed E-state index contributed by atoms with van der Waals surface area (Å²) in [7, 11) is 0. The van der Waals surface area contributed by atoms with Crippen molar-refractivity contribution in [2.24, 2.45) is 0 Å². The number of aliphatic hydroxyl groups excluding tert-OH is 1. The SMILES string of the molecule is CC(C)(C)SCCC(OCCO)[C]12[CH]3[CH]4[CH]5[CH]1[Fe]45321678[CH]2[CH]1[CH]6[CH]7[CH]28. The molecule has 10 heterocycles. The second kappa shape index (κ2) is 1.23. The molecule has 5 atom stereocenters.